The summed E-state index contributed by atoms with van der Waals surface area (Å²) in [5.41, 5.74) is 0.517. The van der Waals surface area contributed by atoms with Crippen molar-refractivity contribution >= 4 is 16.6 Å². The van der Waals surface area contributed by atoms with Crippen LogP contribution in [0.2, 0.25) is 0 Å². The molecule has 0 radical (unpaired) electrons. The molecule has 2 heterocycles. The first-order valence-corrected chi connectivity index (χ1v) is 8.96. The number of hydrogen-bond donors (Lipinski definition) is 1. The van der Waals surface area contributed by atoms with E-state index in [4.69, 9.17) is 0 Å². The number of likely N-dealkylation sites (N-methyl/N-ethyl adjacent to an activating group) is 1. The summed E-state index contributed by atoms with van der Waals surface area (Å²) in [5.74, 6) is 0. The zero-order chi connectivity index (χ0) is 18.7. The lowest BCUT2D eigenvalue weighted by Gasteiger charge is -2.33. The van der Waals surface area contributed by atoms with E-state index in [0.717, 1.165) is 57.0 Å². The highest BCUT2D eigenvalue weighted by Gasteiger charge is 2.30. The zero-order valence-electron chi connectivity index (χ0n) is 15.2. The number of rotatable bonds is 5. The molecule has 0 spiro atoms. The molecule has 7 heteroatoms. The molecule has 1 aliphatic rings. The van der Waals surface area contributed by atoms with Gasteiger partial charge in [0.15, 0.2) is 0 Å². The van der Waals surface area contributed by atoms with Crippen LogP contribution in [0.25, 0.3) is 10.9 Å². The topological polar surface area (TPSA) is 31.4 Å². The van der Waals surface area contributed by atoms with Crippen LogP contribution in [0.1, 0.15) is 18.9 Å². The highest BCUT2D eigenvalue weighted by Crippen LogP contribution is 2.32. The molecule has 1 saturated heterocycles. The van der Waals surface area contributed by atoms with Gasteiger partial charge in [0.05, 0.1) is 11.1 Å². The standard InChI is InChI=1S/C19H25F3N4/c1-14(6-8-26-11-9-25(2)10-12-26)24-17-5-7-23-18-13-15(19(20,21)22)3-4-16(17)18/h3-5,7,13-14H,6,8-12H2,1-2H3,(H,23,24). The fourth-order valence-corrected chi connectivity index (χ4v) is 3.24. The van der Waals surface area contributed by atoms with Crippen LogP contribution >= 0.6 is 0 Å². The lowest BCUT2D eigenvalue weighted by molar-refractivity contribution is -0.137. The van der Waals surface area contributed by atoms with E-state index in [1.807, 2.05) is 6.07 Å². The molecule has 1 unspecified atom stereocenters. The predicted molar refractivity (Wildman–Crippen MR) is 98.4 cm³/mol. The molecule has 0 aliphatic carbocycles. The lowest BCUT2D eigenvalue weighted by atomic mass is 10.1. The summed E-state index contributed by atoms with van der Waals surface area (Å²) in [5, 5.41) is 4.15. The zero-order valence-corrected chi connectivity index (χ0v) is 15.2. The molecule has 1 aromatic heterocycles. The van der Waals surface area contributed by atoms with E-state index in [9.17, 15) is 13.2 Å². The van der Waals surface area contributed by atoms with Crippen LogP contribution in [0, 0.1) is 0 Å². The molecule has 1 aliphatic heterocycles. The summed E-state index contributed by atoms with van der Waals surface area (Å²) in [6, 6.07) is 5.77. The third-order valence-electron chi connectivity index (χ3n) is 4.95. The first kappa shape index (κ1) is 18.9. The number of nitrogens with zero attached hydrogens (tertiary/aromatic N) is 3. The van der Waals surface area contributed by atoms with Gasteiger partial charge < -0.3 is 15.1 Å². The molecule has 1 atom stereocenters. The van der Waals surface area contributed by atoms with Crippen LogP contribution in [-0.4, -0.2) is 60.6 Å². The molecule has 0 amide bonds. The van der Waals surface area contributed by atoms with Crippen molar-refractivity contribution in [3.8, 4) is 0 Å². The number of alkyl halides is 3. The number of hydrogen-bond acceptors (Lipinski definition) is 4. The van der Waals surface area contributed by atoms with Crippen LogP contribution < -0.4 is 5.32 Å². The van der Waals surface area contributed by atoms with Gasteiger partial charge in [-0.2, -0.15) is 13.2 Å². The van der Waals surface area contributed by atoms with E-state index in [-0.39, 0.29) is 6.04 Å². The molecule has 3 rings (SSSR count). The van der Waals surface area contributed by atoms with E-state index in [0.29, 0.717) is 10.9 Å². The molecular weight excluding hydrogens is 341 g/mol. The Labute approximate surface area is 152 Å². The second-order valence-corrected chi connectivity index (χ2v) is 7.07. The Morgan fingerprint density at radius 3 is 2.58 bits per heavy atom. The van der Waals surface area contributed by atoms with E-state index in [1.165, 1.54) is 6.07 Å². The maximum Gasteiger partial charge on any atom is 0.416 e. The van der Waals surface area contributed by atoms with Crippen molar-refractivity contribution in [1.82, 2.24) is 14.8 Å². The molecule has 1 aromatic carbocycles. The first-order chi connectivity index (χ1) is 12.3. The van der Waals surface area contributed by atoms with Crippen molar-refractivity contribution < 1.29 is 13.2 Å². The van der Waals surface area contributed by atoms with Crippen LogP contribution in [0.4, 0.5) is 18.9 Å². The molecule has 1 fully saturated rings. The summed E-state index contributed by atoms with van der Waals surface area (Å²) in [4.78, 5) is 8.88. The SMILES string of the molecule is CC(CCN1CCN(C)CC1)Nc1ccnc2cc(C(F)(F)F)ccc12. The van der Waals surface area contributed by atoms with Gasteiger partial charge in [0.25, 0.3) is 0 Å². The Balaban J connectivity index is 1.64. The molecule has 0 bridgehead atoms. The van der Waals surface area contributed by atoms with E-state index >= 15 is 0 Å². The smallest absolute Gasteiger partial charge is 0.382 e. The number of pyridine rings is 1. The molecular formula is C19H25F3N4. The van der Waals surface area contributed by atoms with Crippen molar-refractivity contribution in [3.63, 3.8) is 0 Å². The molecule has 142 valence electrons. The van der Waals surface area contributed by atoms with Gasteiger partial charge in [0, 0.05) is 56.0 Å². The molecule has 26 heavy (non-hydrogen) atoms. The van der Waals surface area contributed by atoms with Gasteiger partial charge in [-0.1, -0.05) is 6.07 Å². The van der Waals surface area contributed by atoms with Crippen LogP contribution in [0.3, 0.4) is 0 Å². The Morgan fingerprint density at radius 1 is 1.15 bits per heavy atom. The van der Waals surface area contributed by atoms with Gasteiger partial charge in [0.1, 0.15) is 0 Å². The second-order valence-electron chi connectivity index (χ2n) is 7.07. The Hall–Kier alpha value is -1.86. The number of halogens is 3. The quantitative estimate of drug-likeness (QED) is 0.875. The number of aromatic nitrogens is 1. The highest BCUT2D eigenvalue weighted by molar-refractivity contribution is 5.91. The first-order valence-electron chi connectivity index (χ1n) is 8.96. The van der Waals surface area contributed by atoms with Crippen molar-refractivity contribution in [2.45, 2.75) is 25.6 Å². The minimum atomic E-state index is -4.35. The number of piperazine rings is 1. The van der Waals surface area contributed by atoms with Gasteiger partial charge in [-0.15, -0.1) is 0 Å². The summed E-state index contributed by atoms with van der Waals surface area (Å²) < 4.78 is 38.6. The predicted octanol–water partition coefficient (Wildman–Crippen LogP) is 3.69. The van der Waals surface area contributed by atoms with Gasteiger partial charge in [0.2, 0.25) is 0 Å². The molecule has 2 aromatic rings. The van der Waals surface area contributed by atoms with Crippen LogP contribution in [-0.2, 0) is 6.18 Å². The highest BCUT2D eigenvalue weighted by atomic mass is 19.4. The Morgan fingerprint density at radius 2 is 1.88 bits per heavy atom. The molecule has 1 N–H and O–H groups in total. The summed E-state index contributed by atoms with van der Waals surface area (Å²) in [6.07, 6.45) is -1.82. The van der Waals surface area contributed by atoms with Crippen LogP contribution in [0.5, 0.6) is 0 Å². The van der Waals surface area contributed by atoms with E-state index in [1.54, 1.807) is 6.20 Å². The monoisotopic (exact) mass is 366 g/mol. The van der Waals surface area contributed by atoms with Gasteiger partial charge in [-0.05, 0) is 38.6 Å². The maximum absolute atomic E-state index is 12.9. The fraction of sp³-hybridized carbons (Fsp3) is 0.526. The normalized spacial score (nSPS) is 18.2. The molecule has 4 nitrogen and oxygen atoms in total. The summed E-state index contributed by atoms with van der Waals surface area (Å²) >= 11 is 0. The number of nitrogens with one attached hydrogen (secondary N) is 1. The number of anilines is 1. The van der Waals surface area contributed by atoms with Gasteiger partial charge in [-0.3, -0.25) is 4.98 Å². The summed E-state index contributed by atoms with van der Waals surface area (Å²) in [6.45, 7) is 7.48. The maximum atomic E-state index is 12.9. The Kier molecular flexibility index (Phi) is 5.67. The third kappa shape index (κ3) is 4.65. The minimum Gasteiger partial charge on any atom is -0.382 e. The number of fused-ring (bicyclic) bond motifs is 1. The fourth-order valence-electron chi connectivity index (χ4n) is 3.24. The average Bonchev–Trinajstić information content (AvgIpc) is 2.60. The third-order valence-corrected chi connectivity index (χ3v) is 4.95. The Bertz CT molecular complexity index is 739. The lowest BCUT2D eigenvalue weighted by Crippen LogP contribution is -2.45. The van der Waals surface area contributed by atoms with Gasteiger partial charge in [-0.25, -0.2) is 0 Å². The average molecular weight is 366 g/mol. The van der Waals surface area contributed by atoms with Crippen molar-refractivity contribution in [3.05, 3.63) is 36.0 Å². The number of benzene rings is 1. The van der Waals surface area contributed by atoms with Crippen molar-refractivity contribution in [1.29, 1.82) is 0 Å². The minimum absolute atomic E-state index is 0.225. The largest absolute Gasteiger partial charge is 0.416 e. The van der Waals surface area contributed by atoms with E-state index in [2.05, 4.69) is 34.1 Å². The van der Waals surface area contributed by atoms with Crippen molar-refractivity contribution in [2.75, 3.05) is 45.1 Å². The van der Waals surface area contributed by atoms with Crippen molar-refractivity contribution in [2.24, 2.45) is 0 Å². The van der Waals surface area contributed by atoms with E-state index < -0.39 is 11.7 Å². The molecule has 0 saturated carbocycles. The van der Waals surface area contributed by atoms with Gasteiger partial charge >= 0.3 is 6.18 Å². The van der Waals surface area contributed by atoms with Crippen LogP contribution in [0.15, 0.2) is 30.5 Å². The summed E-state index contributed by atoms with van der Waals surface area (Å²) in [7, 11) is 2.14. The second kappa shape index (κ2) is 7.80.